The maximum atomic E-state index is 10.4. The maximum absolute atomic E-state index is 10.4. The van der Waals surface area contributed by atoms with Crippen LogP contribution in [0.5, 0.6) is 0 Å². The monoisotopic (exact) mass is 355 g/mol. The van der Waals surface area contributed by atoms with Crippen LogP contribution in [0.2, 0.25) is 0 Å². The Kier molecular flexibility index (Phi) is 1.93. The van der Waals surface area contributed by atoms with E-state index in [4.69, 9.17) is 0 Å². The van der Waals surface area contributed by atoms with Crippen molar-refractivity contribution in [3.63, 3.8) is 0 Å². The summed E-state index contributed by atoms with van der Waals surface area (Å²) >= 11 is 1.50. The van der Waals surface area contributed by atoms with E-state index in [2.05, 4.69) is 9.97 Å². The van der Waals surface area contributed by atoms with Gasteiger partial charge in [-0.3, -0.25) is 0 Å². The molecule has 12 heavy (non-hydrogen) atoms. The van der Waals surface area contributed by atoms with Gasteiger partial charge >= 0.3 is 84.1 Å². The number of fused-ring (bicyclic) bond motifs is 1. The zero-order valence-electron chi connectivity index (χ0n) is 6.04. The topological polar surface area (TPSA) is 45.8 Å². The second kappa shape index (κ2) is 2.94. The Bertz CT molecular complexity index is 436. The van der Waals surface area contributed by atoms with Crippen LogP contribution in [0.3, 0.4) is 0 Å². The average molecular weight is 355 g/mol. The number of hydrogen-bond acceptors (Lipinski definition) is 2. The molecule has 2 rings (SSSR count). The molecule has 0 saturated carbocycles. The van der Waals surface area contributed by atoms with Crippen LogP contribution in [0.1, 0.15) is 10.4 Å². The number of aromatic amines is 1. The van der Waals surface area contributed by atoms with Gasteiger partial charge in [-0.25, -0.2) is 0 Å². The van der Waals surface area contributed by atoms with Crippen LogP contribution < -0.4 is 3.53 Å². The van der Waals surface area contributed by atoms with E-state index < -0.39 is 0 Å². The van der Waals surface area contributed by atoms with Gasteiger partial charge in [0.25, 0.3) is 0 Å². The molecule has 0 spiro atoms. The summed E-state index contributed by atoms with van der Waals surface area (Å²) in [5.41, 5.74) is 2.52. The number of imidazole rings is 1. The molecule has 0 unspecified atom stereocenters. The van der Waals surface area contributed by atoms with E-state index in [9.17, 15) is 4.79 Å². The molecule has 1 N–H and O–H groups in total. The third-order valence-corrected chi connectivity index (χ3v) is 2.31. The molecular weight excluding hydrogens is 350 g/mol. The number of aromatic nitrogens is 2. The van der Waals surface area contributed by atoms with Crippen LogP contribution in [-0.4, -0.2) is 16.3 Å². The summed E-state index contributed by atoms with van der Waals surface area (Å²) in [5, 5.41) is 0. The van der Waals surface area contributed by atoms with Crippen LogP contribution in [0.15, 0.2) is 18.2 Å². The molecule has 0 amide bonds. The number of carbonyl (C=O) groups excluding carboxylic acids is 1. The van der Waals surface area contributed by atoms with Crippen LogP contribution in [-0.2, 0) is 0 Å². The molecule has 1 aromatic heterocycles. The van der Waals surface area contributed by atoms with Crippen molar-refractivity contribution in [3.05, 3.63) is 23.8 Å². The van der Waals surface area contributed by atoms with Crippen LogP contribution in [0.4, 0.5) is 0 Å². The molecule has 0 fully saturated rings. The summed E-state index contributed by atoms with van der Waals surface area (Å²) in [6, 6.07) is 5.41. The Morgan fingerprint density at radius 3 is 3.08 bits per heavy atom. The van der Waals surface area contributed by atoms with Crippen molar-refractivity contribution < 1.29 is 29.5 Å². The summed E-state index contributed by atoms with van der Waals surface area (Å²) in [7, 11) is 0. The van der Waals surface area contributed by atoms with Gasteiger partial charge in [-0.2, -0.15) is 0 Å². The number of rotatable bonds is 1. The molecule has 0 bridgehead atoms. The van der Waals surface area contributed by atoms with Crippen molar-refractivity contribution in [1.82, 2.24) is 9.97 Å². The van der Waals surface area contributed by atoms with Gasteiger partial charge < -0.3 is 0 Å². The minimum atomic E-state index is 0.679. The van der Waals surface area contributed by atoms with Gasteiger partial charge in [0, 0.05) is 0 Å². The van der Waals surface area contributed by atoms with Crippen LogP contribution in [0.25, 0.3) is 11.0 Å². The van der Waals surface area contributed by atoms with E-state index in [1.165, 1.54) is 24.7 Å². The second-order valence-electron chi connectivity index (χ2n) is 2.42. The summed E-state index contributed by atoms with van der Waals surface area (Å²) < 4.78 is 0.924. The molecule has 0 aliphatic carbocycles. The summed E-state index contributed by atoms with van der Waals surface area (Å²) in [6.07, 6.45) is 0.834. The van der Waals surface area contributed by atoms with Gasteiger partial charge in [-0.15, -0.1) is 0 Å². The zero-order chi connectivity index (χ0) is 8.55. The molecule has 2 aromatic rings. The molecule has 60 valence electrons. The van der Waals surface area contributed by atoms with Gasteiger partial charge in [0.2, 0.25) is 0 Å². The fourth-order valence-corrected chi connectivity index (χ4v) is 1.82. The molecule has 0 aliphatic rings. The van der Waals surface area contributed by atoms with Gasteiger partial charge in [-0.1, -0.05) is 0 Å². The molecule has 3 nitrogen and oxygen atoms in total. The molecule has 0 radical (unpaired) electrons. The summed E-state index contributed by atoms with van der Waals surface area (Å²) in [5.74, 6) is 0. The predicted molar refractivity (Wildman–Crippen MR) is 41.1 cm³/mol. The van der Waals surface area contributed by atoms with E-state index in [1.807, 2.05) is 6.07 Å². The van der Waals surface area contributed by atoms with Gasteiger partial charge in [0.15, 0.2) is 0 Å². The standard InChI is InChI=1S/C8H5AtN2O/c9-8-10-6-2-1-5(4-12)3-7(6)11-8/h1-4H,(H,10,11). The number of H-pyrrole nitrogens is 1. The van der Waals surface area contributed by atoms with Crippen molar-refractivity contribution in [2.45, 2.75) is 0 Å². The van der Waals surface area contributed by atoms with E-state index in [1.54, 1.807) is 12.1 Å². The third kappa shape index (κ3) is 1.27. The minimum absolute atomic E-state index is 0.679. The number of nitrogens with zero attached hydrogens (tertiary/aromatic N) is 1. The first-order valence-corrected chi connectivity index (χ1v) is 4.87. The van der Waals surface area contributed by atoms with Crippen LogP contribution >= 0.6 is 0 Å². The van der Waals surface area contributed by atoms with Gasteiger partial charge in [0.05, 0.1) is 0 Å². The van der Waals surface area contributed by atoms with Gasteiger partial charge in [-0.05, 0) is 0 Å². The first-order valence-electron chi connectivity index (χ1n) is 3.40. The quantitative estimate of drug-likeness (QED) is 0.760. The number of benzene rings is 1. The Labute approximate surface area is 84.0 Å². The molecule has 0 saturated heterocycles. The van der Waals surface area contributed by atoms with Crippen molar-refractivity contribution in [2.24, 2.45) is 0 Å². The van der Waals surface area contributed by atoms with E-state index in [0.717, 1.165) is 20.9 Å². The van der Waals surface area contributed by atoms with Crippen molar-refractivity contribution in [1.29, 1.82) is 0 Å². The number of nitrogens with one attached hydrogen (secondary N) is 1. The molecule has 4 heteroatoms. The molecular formula is C8H5AtN2O. The van der Waals surface area contributed by atoms with E-state index in [-0.39, 0.29) is 0 Å². The number of carbonyl (C=O) groups is 1. The van der Waals surface area contributed by atoms with E-state index >= 15 is 0 Å². The number of hydrogen-bond donors (Lipinski definition) is 1. The third-order valence-electron chi connectivity index (χ3n) is 1.61. The van der Waals surface area contributed by atoms with Crippen molar-refractivity contribution in [3.8, 4) is 0 Å². The Morgan fingerprint density at radius 1 is 1.50 bits per heavy atom. The van der Waals surface area contributed by atoms with E-state index in [0.29, 0.717) is 5.56 Å². The average Bonchev–Trinajstić information content (AvgIpc) is 2.43. The Hall–Kier alpha value is -0.757. The molecule has 1 heterocycles. The zero-order valence-corrected chi connectivity index (χ0v) is 8.98. The first kappa shape index (κ1) is 7.87. The van der Waals surface area contributed by atoms with Gasteiger partial charge in [0.1, 0.15) is 0 Å². The second-order valence-corrected chi connectivity index (χ2v) is 3.81. The molecule has 1 aromatic carbocycles. The molecule has 0 aliphatic heterocycles. The summed E-state index contributed by atoms with van der Waals surface area (Å²) in [6.45, 7) is 0. The Balaban J connectivity index is 2.74. The molecule has 0 atom stereocenters. The predicted octanol–water partition coefficient (Wildman–Crippen LogP) is 0.550. The normalized spacial score (nSPS) is 10.4. The first-order chi connectivity index (χ1) is 5.79. The Morgan fingerprint density at radius 2 is 2.33 bits per heavy atom. The van der Waals surface area contributed by atoms with Crippen molar-refractivity contribution in [2.75, 3.05) is 0 Å². The number of aldehydes is 1. The van der Waals surface area contributed by atoms with Crippen LogP contribution in [0, 0.1) is 24.7 Å². The van der Waals surface area contributed by atoms with Crippen molar-refractivity contribution >= 4 is 20.9 Å². The summed E-state index contributed by atoms with van der Waals surface area (Å²) in [4.78, 5) is 17.8. The fraction of sp³-hybridized carbons (Fsp3) is 0. The SMILES string of the molecule is O=Cc1ccc2nc([At])[nH]c2c1. The fourth-order valence-electron chi connectivity index (χ4n) is 1.07.